The van der Waals surface area contributed by atoms with Gasteiger partial charge in [0.2, 0.25) is 21.9 Å². The molecule has 0 aromatic carbocycles. The molecule has 0 spiro atoms. The van der Waals surface area contributed by atoms with Crippen LogP contribution in [0, 0.1) is 0 Å². The Morgan fingerprint density at radius 1 is 1.11 bits per heavy atom. The van der Waals surface area contributed by atoms with E-state index in [1.807, 2.05) is 6.92 Å². The summed E-state index contributed by atoms with van der Waals surface area (Å²) in [6, 6.07) is 4.87. The van der Waals surface area contributed by atoms with Crippen molar-refractivity contribution >= 4 is 21.9 Å². The van der Waals surface area contributed by atoms with E-state index in [-0.39, 0.29) is 23.1 Å². The predicted molar refractivity (Wildman–Crippen MR) is 127 cm³/mol. The van der Waals surface area contributed by atoms with E-state index in [0.29, 0.717) is 49.0 Å². The van der Waals surface area contributed by atoms with E-state index in [0.717, 1.165) is 18.4 Å². The van der Waals surface area contributed by atoms with Gasteiger partial charge in [-0.15, -0.1) is 0 Å². The van der Waals surface area contributed by atoms with Gasteiger partial charge in [-0.3, -0.25) is 19.5 Å². The topological polar surface area (TPSA) is 140 Å². The van der Waals surface area contributed by atoms with Gasteiger partial charge in [0.15, 0.2) is 0 Å². The predicted octanol–water partition coefficient (Wildman–Crippen LogP) is 2.61. The van der Waals surface area contributed by atoms with Gasteiger partial charge in [-0.1, -0.05) is 0 Å². The zero-order chi connectivity index (χ0) is 24.4. The van der Waals surface area contributed by atoms with Crippen LogP contribution in [0.1, 0.15) is 54.8 Å². The molecule has 1 aliphatic heterocycles. The number of ether oxygens (including phenoxy) is 1. The van der Waals surface area contributed by atoms with E-state index < -0.39 is 10.0 Å². The smallest absolute Gasteiger partial charge is 0.273 e. The van der Waals surface area contributed by atoms with Gasteiger partial charge in [0.25, 0.3) is 5.91 Å². The molecule has 5 rings (SSSR count). The lowest BCUT2D eigenvalue weighted by Crippen LogP contribution is -2.31. The van der Waals surface area contributed by atoms with Gasteiger partial charge in [-0.05, 0) is 50.8 Å². The van der Waals surface area contributed by atoms with Crippen molar-refractivity contribution in [2.75, 3.05) is 17.9 Å². The van der Waals surface area contributed by atoms with Crippen LogP contribution in [0.2, 0.25) is 0 Å². The molecule has 3 aromatic rings. The first-order valence-corrected chi connectivity index (χ1v) is 13.1. The van der Waals surface area contributed by atoms with Crippen molar-refractivity contribution in [1.29, 1.82) is 0 Å². The van der Waals surface area contributed by atoms with E-state index in [1.54, 1.807) is 41.7 Å². The van der Waals surface area contributed by atoms with E-state index in [9.17, 15) is 13.2 Å². The van der Waals surface area contributed by atoms with Crippen LogP contribution in [-0.4, -0.2) is 62.5 Å². The number of sulfonamides is 1. The third-order valence-electron chi connectivity index (χ3n) is 5.91. The van der Waals surface area contributed by atoms with Crippen LogP contribution >= 0.6 is 0 Å². The molecule has 12 heteroatoms. The molecule has 0 bridgehead atoms. The Labute approximate surface area is 203 Å². The fourth-order valence-electron chi connectivity index (χ4n) is 4.04. The zero-order valence-corrected chi connectivity index (χ0v) is 20.0. The summed E-state index contributed by atoms with van der Waals surface area (Å²) in [5.74, 6) is 0.243. The number of anilines is 1. The number of aromatic nitrogens is 5. The van der Waals surface area contributed by atoms with Crippen LogP contribution in [-0.2, 0) is 10.0 Å². The first-order chi connectivity index (χ1) is 16.9. The first kappa shape index (κ1) is 23.1. The number of rotatable bonds is 8. The Morgan fingerprint density at radius 3 is 2.71 bits per heavy atom. The highest BCUT2D eigenvalue weighted by atomic mass is 32.2. The number of nitrogens with zero attached hydrogens (tertiary/aromatic N) is 6. The lowest BCUT2D eigenvalue weighted by molar-refractivity contribution is 0.0727. The number of hydrogen-bond donors (Lipinski definition) is 1. The largest absolute Gasteiger partial charge is 0.477 e. The highest BCUT2D eigenvalue weighted by Crippen LogP contribution is 2.33. The summed E-state index contributed by atoms with van der Waals surface area (Å²) in [5.41, 5.74) is 2.22. The SMILES string of the molecule is CCOc1cncc(-c2ccc(C(=O)N3CCC[C@H]3c3ccnc(NS(=O)(=O)C4CC4)n3)nc2)n1. The van der Waals surface area contributed by atoms with E-state index in [4.69, 9.17) is 4.74 Å². The lowest BCUT2D eigenvalue weighted by Gasteiger charge is -2.24. The van der Waals surface area contributed by atoms with Crippen LogP contribution in [0.15, 0.2) is 43.0 Å². The van der Waals surface area contributed by atoms with Crippen LogP contribution in [0.25, 0.3) is 11.3 Å². The Morgan fingerprint density at radius 2 is 1.97 bits per heavy atom. The molecule has 1 aliphatic carbocycles. The van der Waals surface area contributed by atoms with Crippen molar-refractivity contribution in [3.8, 4) is 17.1 Å². The molecular weight excluding hydrogens is 470 g/mol. The average Bonchev–Trinajstić information content (AvgIpc) is 3.62. The number of nitrogens with one attached hydrogen (secondary N) is 1. The van der Waals surface area contributed by atoms with Gasteiger partial charge >= 0.3 is 0 Å². The fraction of sp³-hybridized carbons (Fsp3) is 0.391. The summed E-state index contributed by atoms with van der Waals surface area (Å²) in [5, 5.41) is -0.374. The monoisotopic (exact) mass is 495 g/mol. The molecule has 0 radical (unpaired) electrons. The summed E-state index contributed by atoms with van der Waals surface area (Å²) in [6.07, 6.45) is 9.08. The average molecular weight is 496 g/mol. The fourth-order valence-corrected chi connectivity index (χ4v) is 5.31. The van der Waals surface area contributed by atoms with Crippen molar-refractivity contribution < 1.29 is 17.9 Å². The van der Waals surface area contributed by atoms with Crippen molar-refractivity contribution in [1.82, 2.24) is 29.8 Å². The van der Waals surface area contributed by atoms with E-state index in [2.05, 4.69) is 29.6 Å². The van der Waals surface area contributed by atoms with Crippen molar-refractivity contribution in [2.24, 2.45) is 0 Å². The second kappa shape index (κ2) is 9.53. The highest BCUT2D eigenvalue weighted by Gasteiger charge is 2.37. The van der Waals surface area contributed by atoms with Crippen LogP contribution in [0.3, 0.4) is 0 Å². The third-order valence-corrected chi connectivity index (χ3v) is 7.73. The molecule has 182 valence electrons. The summed E-state index contributed by atoms with van der Waals surface area (Å²) in [4.78, 5) is 36.4. The number of carbonyl (C=O) groups excluding carboxylic acids is 1. The quantitative estimate of drug-likeness (QED) is 0.499. The number of hydrogen-bond acceptors (Lipinski definition) is 9. The molecule has 0 unspecified atom stereocenters. The summed E-state index contributed by atoms with van der Waals surface area (Å²) < 4.78 is 32.4. The minimum atomic E-state index is -3.47. The molecule has 1 amide bonds. The molecule has 1 saturated heterocycles. The minimum absolute atomic E-state index is 0.0339. The normalized spacial score (nSPS) is 17.9. The maximum absolute atomic E-state index is 13.3. The molecule has 4 heterocycles. The number of likely N-dealkylation sites (tertiary alicyclic amines) is 1. The Hall–Kier alpha value is -3.67. The van der Waals surface area contributed by atoms with Gasteiger partial charge in [0.1, 0.15) is 5.69 Å². The Kier molecular flexibility index (Phi) is 6.29. The van der Waals surface area contributed by atoms with Crippen LogP contribution in [0.4, 0.5) is 5.95 Å². The standard InChI is InChI=1S/C23H25N7O4S/c1-2-34-21-14-24-13-19(27-21)15-5-8-18(26-12-15)22(31)30-11-3-4-20(30)17-9-10-25-23(28-17)29-35(32,33)16-6-7-16/h5,8-10,12-14,16,20H,2-4,6-7,11H2,1H3,(H,25,28,29)/t20-/m0/s1. The first-order valence-electron chi connectivity index (χ1n) is 11.5. The molecule has 2 fully saturated rings. The number of pyridine rings is 1. The second-order valence-corrected chi connectivity index (χ2v) is 10.4. The van der Waals surface area contributed by atoms with E-state index >= 15 is 0 Å². The molecule has 2 aliphatic rings. The Balaban J connectivity index is 1.32. The van der Waals surface area contributed by atoms with Crippen molar-refractivity contribution in [2.45, 2.75) is 43.9 Å². The second-order valence-electron chi connectivity index (χ2n) is 8.42. The lowest BCUT2D eigenvalue weighted by atomic mass is 10.1. The molecule has 35 heavy (non-hydrogen) atoms. The molecule has 3 aromatic heterocycles. The molecule has 11 nitrogen and oxygen atoms in total. The van der Waals surface area contributed by atoms with Gasteiger partial charge in [0, 0.05) is 24.5 Å². The Bertz CT molecular complexity index is 1330. The number of amides is 1. The maximum atomic E-state index is 13.3. The highest BCUT2D eigenvalue weighted by molar-refractivity contribution is 7.93. The van der Waals surface area contributed by atoms with Crippen molar-refractivity contribution in [3.05, 3.63) is 54.4 Å². The van der Waals surface area contributed by atoms with Gasteiger partial charge < -0.3 is 9.64 Å². The molecule has 1 saturated carbocycles. The maximum Gasteiger partial charge on any atom is 0.273 e. The van der Waals surface area contributed by atoms with Crippen LogP contribution in [0.5, 0.6) is 5.88 Å². The third kappa shape index (κ3) is 5.06. The van der Waals surface area contributed by atoms with Crippen molar-refractivity contribution in [3.63, 3.8) is 0 Å². The van der Waals surface area contributed by atoms with E-state index in [1.165, 1.54) is 6.20 Å². The van der Waals surface area contributed by atoms with Gasteiger partial charge in [0.05, 0.1) is 41.7 Å². The minimum Gasteiger partial charge on any atom is -0.477 e. The molecule has 1 atom stereocenters. The zero-order valence-electron chi connectivity index (χ0n) is 19.2. The van der Waals surface area contributed by atoms with Gasteiger partial charge in [-0.25, -0.2) is 23.4 Å². The molecular formula is C23H25N7O4S. The summed E-state index contributed by atoms with van der Waals surface area (Å²) >= 11 is 0. The molecule has 1 N–H and O–H groups in total. The van der Waals surface area contributed by atoms with Crippen LogP contribution < -0.4 is 9.46 Å². The number of carbonyl (C=O) groups is 1. The van der Waals surface area contributed by atoms with Gasteiger partial charge in [-0.2, -0.15) is 0 Å². The summed E-state index contributed by atoms with van der Waals surface area (Å²) in [6.45, 7) is 2.92. The summed E-state index contributed by atoms with van der Waals surface area (Å²) in [7, 11) is -3.47.